The molecule has 1 amide bonds. The van der Waals surface area contributed by atoms with E-state index in [2.05, 4.69) is 15.5 Å². The van der Waals surface area contributed by atoms with E-state index in [9.17, 15) is 19.7 Å². The Hall–Kier alpha value is -3.33. The summed E-state index contributed by atoms with van der Waals surface area (Å²) in [5.74, 6) is -0.554. The molecule has 2 aromatic carbocycles. The van der Waals surface area contributed by atoms with Crippen LogP contribution in [0.2, 0.25) is 5.02 Å². The number of hydrogen-bond acceptors (Lipinski definition) is 7. The third-order valence-corrected chi connectivity index (χ3v) is 3.53. The number of nitrogens with zero attached hydrogens (tertiary/aromatic N) is 3. The van der Waals surface area contributed by atoms with Crippen molar-refractivity contribution in [2.24, 2.45) is 10.2 Å². The smallest absolute Gasteiger partial charge is 0.296 e. The number of ketones is 1. The van der Waals surface area contributed by atoms with Crippen LogP contribution in [0.5, 0.6) is 5.75 Å². The van der Waals surface area contributed by atoms with Crippen LogP contribution in [-0.2, 0) is 9.59 Å². The number of azo groups is 1. The summed E-state index contributed by atoms with van der Waals surface area (Å²) < 4.78 is 5.19. The van der Waals surface area contributed by atoms with E-state index >= 15 is 0 Å². The van der Waals surface area contributed by atoms with E-state index in [0.29, 0.717) is 5.75 Å². The Labute approximate surface area is 159 Å². The number of carbonyl (C=O) groups excluding carboxylic acids is 2. The normalized spacial score (nSPS) is 10.6. The molecule has 0 fully saturated rings. The number of nitro benzene ring substituents is 1. The predicted octanol–water partition coefficient (Wildman–Crippen LogP) is 4.59. The van der Waals surface area contributed by atoms with Gasteiger partial charge >= 0.3 is 0 Å². The van der Waals surface area contributed by atoms with E-state index in [1.165, 1.54) is 38.3 Å². The molecule has 0 radical (unpaired) electrons. The highest BCUT2D eigenvalue weighted by atomic mass is 35.5. The molecule has 0 heterocycles. The van der Waals surface area contributed by atoms with E-state index in [1.807, 2.05) is 0 Å². The number of nitro groups is 1. The predicted molar refractivity (Wildman–Crippen MR) is 99.2 cm³/mol. The van der Waals surface area contributed by atoms with Crippen LogP contribution >= 0.6 is 11.6 Å². The molecule has 1 N–H and O–H groups in total. The van der Waals surface area contributed by atoms with Crippen molar-refractivity contribution in [1.82, 2.24) is 0 Å². The Kier molecular flexibility index (Phi) is 6.56. The SMILES string of the molecule is COc1cccc(N=Nc2cc(Cl)ccc2[N+](=O)[O-])c1NC(=O)CC(C)=O. The number of para-hydroxylation sites is 1. The molecule has 0 unspecified atom stereocenters. The summed E-state index contributed by atoms with van der Waals surface area (Å²) in [6.45, 7) is 1.29. The first kappa shape index (κ1) is 20.0. The van der Waals surface area contributed by atoms with Gasteiger partial charge in [0.2, 0.25) is 5.91 Å². The quantitative estimate of drug-likeness (QED) is 0.320. The Bertz CT molecular complexity index is 930. The second-order valence-corrected chi connectivity index (χ2v) is 5.81. The van der Waals surface area contributed by atoms with Crippen molar-refractivity contribution in [1.29, 1.82) is 0 Å². The zero-order valence-corrected chi connectivity index (χ0v) is 15.2. The maximum Gasteiger partial charge on any atom is 0.296 e. The molecule has 9 nitrogen and oxygen atoms in total. The monoisotopic (exact) mass is 390 g/mol. The number of ether oxygens (including phenoxy) is 1. The summed E-state index contributed by atoms with van der Waals surface area (Å²) in [6, 6.07) is 8.63. The van der Waals surface area contributed by atoms with Crippen molar-refractivity contribution in [2.45, 2.75) is 13.3 Å². The Balaban J connectivity index is 2.43. The molecule has 0 atom stereocenters. The third-order valence-electron chi connectivity index (χ3n) is 3.30. The summed E-state index contributed by atoms with van der Waals surface area (Å²) in [5.41, 5.74) is 0.0738. The summed E-state index contributed by atoms with van der Waals surface area (Å²) in [6.07, 6.45) is -0.311. The van der Waals surface area contributed by atoms with E-state index in [-0.39, 0.29) is 40.0 Å². The lowest BCUT2D eigenvalue weighted by Gasteiger charge is -2.11. The Morgan fingerprint density at radius 2 is 1.93 bits per heavy atom. The van der Waals surface area contributed by atoms with Crippen LogP contribution < -0.4 is 10.1 Å². The average molecular weight is 391 g/mol. The first-order valence-corrected chi connectivity index (χ1v) is 8.01. The fourth-order valence-electron chi connectivity index (χ4n) is 2.15. The molecular weight excluding hydrogens is 376 g/mol. The lowest BCUT2D eigenvalue weighted by atomic mass is 10.2. The van der Waals surface area contributed by atoms with Gasteiger partial charge in [0.05, 0.1) is 18.5 Å². The van der Waals surface area contributed by atoms with Crippen LogP contribution in [-0.4, -0.2) is 23.7 Å². The van der Waals surface area contributed by atoms with Crippen LogP contribution in [0.1, 0.15) is 13.3 Å². The van der Waals surface area contributed by atoms with E-state index in [4.69, 9.17) is 16.3 Å². The maximum absolute atomic E-state index is 11.9. The minimum Gasteiger partial charge on any atom is -0.494 e. The van der Waals surface area contributed by atoms with Gasteiger partial charge in [-0.3, -0.25) is 19.7 Å². The van der Waals surface area contributed by atoms with Gasteiger partial charge in [-0.1, -0.05) is 17.7 Å². The van der Waals surface area contributed by atoms with Gasteiger partial charge in [0.25, 0.3) is 5.69 Å². The molecule has 0 aliphatic rings. The summed E-state index contributed by atoms with van der Waals surface area (Å²) >= 11 is 5.87. The molecule has 0 aliphatic heterocycles. The van der Waals surface area contributed by atoms with Crippen molar-refractivity contribution in [3.8, 4) is 5.75 Å². The van der Waals surface area contributed by atoms with E-state index in [1.54, 1.807) is 12.1 Å². The topological polar surface area (TPSA) is 123 Å². The van der Waals surface area contributed by atoms with Crippen molar-refractivity contribution in [2.75, 3.05) is 12.4 Å². The number of Topliss-reactive ketones (excluding diaryl/α,β-unsaturated/α-hetero) is 1. The molecule has 0 aliphatic carbocycles. The van der Waals surface area contributed by atoms with Crippen molar-refractivity contribution < 1.29 is 19.2 Å². The average Bonchev–Trinajstić information content (AvgIpc) is 2.59. The molecule has 140 valence electrons. The minimum absolute atomic E-state index is 0.0451. The van der Waals surface area contributed by atoms with Crippen LogP contribution in [0, 0.1) is 10.1 Å². The zero-order valence-electron chi connectivity index (χ0n) is 14.4. The number of nitrogens with one attached hydrogen (secondary N) is 1. The van der Waals surface area contributed by atoms with Crippen LogP contribution in [0.25, 0.3) is 0 Å². The van der Waals surface area contributed by atoms with Crippen LogP contribution in [0.15, 0.2) is 46.6 Å². The number of halogens is 1. The highest BCUT2D eigenvalue weighted by molar-refractivity contribution is 6.30. The number of amides is 1. The molecule has 0 saturated carbocycles. The van der Waals surface area contributed by atoms with Crippen molar-refractivity contribution >= 4 is 46.0 Å². The number of hydrogen-bond donors (Lipinski definition) is 1. The minimum atomic E-state index is -0.605. The highest BCUT2D eigenvalue weighted by Crippen LogP contribution is 2.37. The largest absolute Gasteiger partial charge is 0.494 e. The molecular formula is C17H15ClN4O5. The molecule has 0 bridgehead atoms. The van der Waals surface area contributed by atoms with Crippen molar-refractivity contribution in [3.05, 3.63) is 51.5 Å². The fourth-order valence-corrected chi connectivity index (χ4v) is 2.31. The van der Waals surface area contributed by atoms with Gasteiger partial charge in [-0.05, 0) is 31.2 Å². The second-order valence-electron chi connectivity index (χ2n) is 5.37. The summed E-state index contributed by atoms with van der Waals surface area (Å²) in [7, 11) is 1.40. The number of carbonyl (C=O) groups is 2. The van der Waals surface area contributed by atoms with Crippen molar-refractivity contribution in [3.63, 3.8) is 0 Å². The molecule has 2 rings (SSSR count). The molecule has 10 heteroatoms. The number of rotatable bonds is 7. The van der Waals surface area contributed by atoms with Gasteiger partial charge < -0.3 is 10.1 Å². The first-order chi connectivity index (χ1) is 12.8. The molecule has 0 saturated heterocycles. The zero-order chi connectivity index (χ0) is 20.0. The lowest BCUT2D eigenvalue weighted by molar-refractivity contribution is -0.384. The summed E-state index contributed by atoms with van der Waals surface area (Å²) in [5, 5.41) is 21.8. The maximum atomic E-state index is 11.9. The molecule has 0 aromatic heterocycles. The standard InChI is InChI=1S/C17H15ClN4O5/c1-10(23)8-16(24)19-17-12(4-3-5-15(17)27-2)20-21-13-9-11(18)6-7-14(13)22(25)26/h3-7,9H,8H2,1-2H3,(H,19,24). The van der Waals surface area contributed by atoms with E-state index in [0.717, 1.165) is 0 Å². The van der Waals surface area contributed by atoms with Crippen LogP contribution in [0.4, 0.5) is 22.7 Å². The number of benzene rings is 2. The Morgan fingerprint density at radius 1 is 1.22 bits per heavy atom. The van der Waals surface area contributed by atoms with Gasteiger partial charge in [0, 0.05) is 11.1 Å². The molecule has 27 heavy (non-hydrogen) atoms. The third kappa shape index (κ3) is 5.32. The highest BCUT2D eigenvalue weighted by Gasteiger charge is 2.16. The number of anilines is 1. The first-order valence-electron chi connectivity index (χ1n) is 7.63. The van der Waals surface area contributed by atoms with Gasteiger partial charge in [0.15, 0.2) is 5.69 Å². The molecule has 0 spiro atoms. The van der Waals surface area contributed by atoms with Crippen LogP contribution in [0.3, 0.4) is 0 Å². The second kappa shape index (κ2) is 8.86. The number of methoxy groups -OCH3 is 1. The molecule has 2 aromatic rings. The Morgan fingerprint density at radius 3 is 2.56 bits per heavy atom. The van der Waals surface area contributed by atoms with E-state index < -0.39 is 10.8 Å². The van der Waals surface area contributed by atoms with Gasteiger partial charge in [-0.15, -0.1) is 10.2 Å². The fraction of sp³-hybridized carbons (Fsp3) is 0.176. The lowest BCUT2D eigenvalue weighted by Crippen LogP contribution is -2.15. The van der Waals surface area contributed by atoms with Gasteiger partial charge in [-0.25, -0.2) is 0 Å². The summed E-state index contributed by atoms with van der Waals surface area (Å²) in [4.78, 5) is 33.6. The van der Waals surface area contributed by atoms with Gasteiger partial charge in [0.1, 0.15) is 22.9 Å². The van der Waals surface area contributed by atoms with Gasteiger partial charge in [-0.2, -0.15) is 0 Å².